The van der Waals surface area contributed by atoms with Gasteiger partial charge in [-0.25, -0.2) is 0 Å². The van der Waals surface area contributed by atoms with Gasteiger partial charge in [0, 0.05) is 13.7 Å². The lowest BCUT2D eigenvalue weighted by Crippen LogP contribution is -2.20. The average Bonchev–Trinajstić information content (AvgIpc) is 2.04. The van der Waals surface area contributed by atoms with E-state index in [1.165, 1.54) is 17.7 Å². The monoisotopic (exact) mass is 151 g/mol. The summed E-state index contributed by atoms with van der Waals surface area (Å²) in [6, 6.07) is 0. The van der Waals surface area contributed by atoms with Gasteiger partial charge in [-0.3, -0.25) is 0 Å². The van der Waals surface area contributed by atoms with Crippen molar-refractivity contribution in [3.8, 4) is 0 Å². The number of allylic oxidation sites excluding steroid dienone is 3. The smallest absolute Gasteiger partial charge is 0.0369 e. The van der Waals surface area contributed by atoms with Crippen LogP contribution in [0.15, 0.2) is 36.1 Å². The zero-order chi connectivity index (χ0) is 8.27. The quantitative estimate of drug-likeness (QED) is 0.639. The predicted molar refractivity (Wildman–Crippen MR) is 51.4 cm³/mol. The molecule has 11 heavy (non-hydrogen) atoms. The molecular weight excluding hydrogens is 134 g/mol. The molecule has 1 rings (SSSR count). The molecule has 0 unspecified atom stereocenters. The summed E-state index contributed by atoms with van der Waals surface area (Å²) in [6.07, 6.45) is 4.23. The van der Waals surface area contributed by atoms with Gasteiger partial charge in [-0.2, -0.15) is 0 Å². The molecule has 0 radical (unpaired) electrons. The van der Waals surface area contributed by atoms with Crippen LogP contribution in [0.3, 0.4) is 0 Å². The van der Waals surface area contributed by atoms with Crippen LogP contribution >= 0.6 is 0 Å². The normalized spacial score (nSPS) is 17.5. The molecule has 0 aromatic rings. The minimum Gasteiger partial charge on any atom is -0.385 e. The van der Waals surface area contributed by atoms with Crippen molar-refractivity contribution in [1.29, 1.82) is 0 Å². The summed E-state index contributed by atoms with van der Waals surface area (Å²) in [5.41, 5.74) is 3.67. The second-order valence-corrected chi connectivity index (χ2v) is 2.91. The van der Waals surface area contributed by atoms with Crippen LogP contribution in [0.1, 0.15) is 21.2 Å². The number of hydrogen-bond acceptors (Lipinski definition) is 1. The van der Waals surface area contributed by atoms with E-state index in [-0.39, 0.29) is 1.43 Å². The highest BCUT2D eigenvalue weighted by molar-refractivity contribution is 5.37. The fourth-order valence-corrected chi connectivity index (χ4v) is 1.37. The fourth-order valence-electron chi connectivity index (χ4n) is 1.37. The molecule has 0 bridgehead atoms. The highest BCUT2D eigenvalue weighted by Gasteiger charge is 2.08. The molecule has 0 aromatic carbocycles. The third-order valence-electron chi connectivity index (χ3n) is 1.96. The Kier molecular flexibility index (Phi) is 2.53. The van der Waals surface area contributed by atoms with E-state index in [1.54, 1.807) is 0 Å². The molecular formula is C10H17N. The van der Waals surface area contributed by atoms with Crippen LogP contribution in [-0.2, 0) is 0 Å². The van der Waals surface area contributed by atoms with Crippen LogP contribution in [0.25, 0.3) is 0 Å². The first-order chi connectivity index (χ1) is 5.25. The van der Waals surface area contributed by atoms with Crippen LogP contribution in [-0.4, -0.2) is 6.54 Å². The van der Waals surface area contributed by atoms with E-state index in [1.807, 2.05) is 13.0 Å². The Bertz CT molecular complexity index is 216. The third-order valence-corrected chi connectivity index (χ3v) is 1.96. The van der Waals surface area contributed by atoms with Crippen LogP contribution in [0, 0.1) is 0 Å². The first-order valence-electron chi connectivity index (χ1n) is 4.01. The molecule has 0 atom stereocenters. The SMILES string of the molecule is C=CC1=C(C(=C)C)CCCN1.[HH]. The Hall–Kier alpha value is -0.980. The van der Waals surface area contributed by atoms with Crippen molar-refractivity contribution >= 4 is 0 Å². The number of nitrogens with one attached hydrogen (secondary N) is 1. The molecule has 1 aliphatic heterocycles. The fraction of sp³-hybridized carbons (Fsp3) is 0.400. The molecule has 1 nitrogen and oxygen atoms in total. The Morgan fingerprint density at radius 1 is 1.73 bits per heavy atom. The van der Waals surface area contributed by atoms with Gasteiger partial charge in [-0.15, -0.1) is 0 Å². The molecule has 0 saturated carbocycles. The molecule has 0 saturated heterocycles. The lowest BCUT2D eigenvalue weighted by molar-refractivity contribution is 0.680. The maximum Gasteiger partial charge on any atom is 0.0369 e. The highest BCUT2D eigenvalue weighted by Crippen LogP contribution is 2.20. The van der Waals surface area contributed by atoms with E-state index < -0.39 is 0 Å². The zero-order valence-corrected chi connectivity index (χ0v) is 7.11. The molecule has 1 heterocycles. The second-order valence-electron chi connectivity index (χ2n) is 2.91. The summed E-state index contributed by atoms with van der Waals surface area (Å²) in [5, 5.41) is 3.30. The summed E-state index contributed by atoms with van der Waals surface area (Å²) in [7, 11) is 0. The van der Waals surface area contributed by atoms with Gasteiger partial charge in [-0.05, 0) is 31.4 Å². The van der Waals surface area contributed by atoms with Gasteiger partial charge in [0.1, 0.15) is 0 Å². The summed E-state index contributed by atoms with van der Waals surface area (Å²) in [5.74, 6) is 0. The van der Waals surface area contributed by atoms with Gasteiger partial charge in [-0.1, -0.05) is 18.7 Å². The zero-order valence-electron chi connectivity index (χ0n) is 7.11. The van der Waals surface area contributed by atoms with Crippen molar-refractivity contribution in [2.45, 2.75) is 19.8 Å². The molecule has 0 aromatic heterocycles. The van der Waals surface area contributed by atoms with Crippen molar-refractivity contribution < 1.29 is 1.43 Å². The molecule has 1 heteroatoms. The first kappa shape index (κ1) is 8.12. The summed E-state index contributed by atoms with van der Waals surface area (Å²) >= 11 is 0. The van der Waals surface area contributed by atoms with Crippen molar-refractivity contribution in [2.75, 3.05) is 6.54 Å². The molecule has 1 aliphatic rings. The Labute approximate surface area is 70.0 Å². The second kappa shape index (κ2) is 3.42. The van der Waals surface area contributed by atoms with Gasteiger partial charge in [0.25, 0.3) is 0 Å². The maximum atomic E-state index is 3.93. The molecule has 0 spiro atoms. The lowest BCUT2D eigenvalue weighted by atomic mass is 9.98. The van der Waals surface area contributed by atoms with E-state index in [0.717, 1.165) is 18.5 Å². The lowest BCUT2D eigenvalue weighted by Gasteiger charge is -2.19. The van der Waals surface area contributed by atoms with Gasteiger partial charge in [0.15, 0.2) is 0 Å². The van der Waals surface area contributed by atoms with Crippen LogP contribution in [0.4, 0.5) is 0 Å². The molecule has 0 aliphatic carbocycles. The van der Waals surface area contributed by atoms with E-state index in [0.29, 0.717) is 0 Å². The standard InChI is InChI=1S/C10H15N.H2/c1-4-10-9(8(2)3)6-5-7-11-10;/h4,11H,1-2,5-7H2,3H3;1H. The first-order valence-corrected chi connectivity index (χ1v) is 4.01. The van der Waals surface area contributed by atoms with Crippen molar-refractivity contribution in [1.82, 2.24) is 5.32 Å². The summed E-state index contributed by atoms with van der Waals surface area (Å²) in [4.78, 5) is 0. The van der Waals surface area contributed by atoms with Gasteiger partial charge < -0.3 is 5.32 Å². The minimum atomic E-state index is 0. The largest absolute Gasteiger partial charge is 0.385 e. The van der Waals surface area contributed by atoms with Gasteiger partial charge in [0.2, 0.25) is 0 Å². The van der Waals surface area contributed by atoms with Gasteiger partial charge >= 0.3 is 0 Å². The van der Waals surface area contributed by atoms with Crippen molar-refractivity contribution in [3.63, 3.8) is 0 Å². The van der Waals surface area contributed by atoms with Crippen LogP contribution in [0.5, 0.6) is 0 Å². The molecule has 0 fully saturated rings. The summed E-state index contributed by atoms with van der Waals surface area (Å²) < 4.78 is 0. The van der Waals surface area contributed by atoms with E-state index >= 15 is 0 Å². The summed E-state index contributed by atoms with van der Waals surface area (Å²) in [6.45, 7) is 10.8. The van der Waals surface area contributed by atoms with Gasteiger partial charge in [0.05, 0.1) is 0 Å². The average molecular weight is 151 g/mol. The van der Waals surface area contributed by atoms with Crippen LogP contribution < -0.4 is 5.32 Å². The Balaban J connectivity index is 0.00000121. The minimum absolute atomic E-state index is 0. The highest BCUT2D eigenvalue weighted by atomic mass is 14.9. The van der Waals surface area contributed by atoms with Crippen molar-refractivity contribution in [2.24, 2.45) is 0 Å². The topological polar surface area (TPSA) is 12.0 Å². The number of rotatable bonds is 2. The van der Waals surface area contributed by atoms with Crippen LogP contribution in [0.2, 0.25) is 0 Å². The Morgan fingerprint density at radius 3 is 2.91 bits per heavy atom. The molecule has 0 amide bonds. The predicted octanol–water partition coefficient (Wildman–Crippen LogP) is 2.63. The molecule has 62 valence electrons. The van der Waals surface area contributed by atoms with E-state index in [2.05, 4.69) is 18.5 Å². The number of hydrogen-bond donors (Lipinski definition) is 1. The third kappa shape index (κ3) is 1.73. The van der Waals surface area contributed by atoms with E-state index in [9.17, 15) is 0 Å². The molecule has 1 N–H and O–H groups in total. The Morgan fingerprint density at radius 2 is 2.45 bits per heavy atom. The van der Waals surface area contributed by atoms with Crippen molar-refractivity contribution in [3.05, 3.63) is 36.1 Å². The maximum absolute atomic E-state index is 3.93. The van der Waals surface area contributed by atoms with E-state index in [4.69, 9.17) is 0 Å².